The Balaban J connectivity index is 1.94. The lowest BCUT2D eigenvalue weighted by Gasteiger charge is -2.09. The van der Waals surface area contributed by atoms with Crippen molar-refractivity contribution in [3.63, 3.8) is 0 Å². The predicted octanol–water partition coefficient (Wildman–Crippen LogP) is 3.64. The van der Waals surface area contributed by atoms with Crippen LogP contribution in [0.25, 0.3) is 16.9 Å². The maximum Gasteiger partial charge on any atom is 0.137 e. The summed E-state index contributed by atoms with van der Waals surface area (Å²) < 4.78 is 16.3. The van der Waals surface area contributed by atoms with Gasteiger partial charge in [0.15, 0.2) is 0 Å². The Morgan fingerprint density at radius 1 is 1.24 bits per heavy atom. The molecule has 4 heteroatoms. The lowest BCUT2D eigenvalue weighted by Crippen LogP contribution is -2.13. The molecule has 3 aromatic rings. The Morgan fingerprint density at radius 3 is 2.95 bits per heavy atom. The molecule has 0 aliphatic rings. The summed E-state index contributed by atoms with van der Waals surface area (Å²) in [6.45, 7) is 3.75. The van der Waals surface area contributed by atoms with Crippen molar-refractivity contribution < 1.29 is 4.39 Å². The number of hydrogen-bond donors (Lipinski definition) is 1. The van der Waals surface area contributed by atoms with Crippen LogP contribution in [0.4, 0.5) is 4.39 Å². The quantitative estimate of drug-likeness (QED) is 0.724. The van der Waals surface area contributed by atoms with Crippen LogP contribution in [-0.2, 0) is 6.54 Å². The lowest BCUT2D eigenvalue weighted by molar-refractivity contribution is 0.621. The Kier molecular flexibility index (Phi) is 3.97. The molecule has 0 amide bonds. The Bertz CT molecular complexity index is 749. The van der Waals surface area contributed by atoms with Crippen LogP contribution in [0.15, 0.2) is 48.8 Å². The third kappa shape index (κ3) is 2.81. The summed E-state index contributed by atoms with van der Waals surface area (Å²) in [7, 11) is 0. The van der Waals surface area contributed by atoms with Crippen molar-refractivity contribution in [1.29, 1.82) is 0 Å². The van der Waals surface area contributed by atoms with Crippen LogP contribution in [-0.4, -0.2) is 15.9 Å². The molecule has 0 fully saturated rings. The number of aromatic nitrogens is 2. The molecular weight excluding hydrogens is 265 g/mol. The number of benzene rings is 1. The number of fused-ring (bicyclic) bond motifs is 1. The van der Waals surface area contributed by atoms with Crippen molar-refractivity contribution in [2.45, 2.75) is 19.9 Å². The molecule has 0 spiro atoms. The molecule has 0 aliphatic heterocycles. The fourth-order valence-electron chi connectivity index (χ4n) is 2.45. The Labute approximate surface area is 123 Å². The molecule has 108 valence electrons. The van der Waals surface area contributed by atoms with Gasteiger partial charge >= 0.3 is 0 Å². The monoisotopic (exact) mass is 283 g/mol. The largest absolute Gasteiger partial charge is 0.313 e. The van der Waals surface area contributed by atoms with Gasteiger partial charge < -0.3 is 5.32 Å². The summed E-state index contributed by atoms with van der Waals surface area (Å²) in [5.74, 6) is -0.202. The van der Waals surface area contributed by atoms with Crippen LogP contribution in [0.3, 0.4) is 0 Å². The SMILES string of the molecule is CCCNCc1ccc(-c2cccc3nccn23)c(F)c1. The van der Waals surface area contributed by atoms with E-state index < -0.39 is 0 Å². The van der Waals surface area contributed by atoms with E-state index in [2.05, 4.69) is 17.2 Å². The average molecular weight is 283 g/mol. The minimum Gasteiger partial charge on any atom is -0.313 e. The van der Waals surface area contributed by atoms with Gasteiger partial charge in [-0.2, -0.15) is 0 Å². The molecule has 0 bridgehead atoms. The highest BCUT2D eigenvalue weighted by Crippen LogP contribution is 2.24. The highest BCUT2D eigenvalue weighted by molar-refractivity contribution is 5.64. The Morgan fingerprint density at radius 2 is 2.14 bits per heavy atom. The summed E-state index contributed by atoms with van der Waals surface area (Å²) in [6, 6.07) is 11.1. The lowest BCUT2D eigenvalue weighted by atomic mass is 10.1. The van der Waals surface area contributed by atoms with Gasteiger partial charge in [-0.1, -0.05) is 19.1 Å². The van der Waals surface area contributed by atoms with Crippen LogP contribution < -0.4 is 5.32 Å². The molecule has 0 saturated heterocycles. The van der Waals surface area contributed by atoms with Crippen molar-refractivity contribution in [3.05, 3.63) is 60.2 Å². The van der Waals surface area contributed by atoms with Crippen LogP contribution in [0.1, 0.15) is 18.9 Å². The van der Waals surface area contributed by atoms with Gasteiger partial charge in [0, 0.05) is 24.5 Å². The molecule has 0 radical (unpaired) electrons. The minimum atomic E-state index is -0.202. The molecule has 0 unspecified atom stereocenters. The first-order valence-corrected chi connectivity index (χ1v) is 7.21. The summed E-state index contributed by atoms with van der Waals surface area (Å²) in [4.78, 5) is 4.23. The first-order valence-electron chi connectivity index (χ1n) is 7.21. The van der Waals surface area contributed by atoms with Gasteiger partial charge in [-0.25, -0.2) is 9.37 Å². The van der Waals surface area contributed by atoms with E-state index in [0.717, 1.165) is 29.9 Å². The van der Waals surface area contributed by atoms with E-state index in [9.17, 15) is 4.39 Å². The van der Waals surface area contributed by atoms with Crippen molar-refractivity contribution in [2.75, 3.05) is 6.54 Å². The normalized spacial score (nSPS) is 11.1. The van der Waals surface area contributed by atoms with Gasteiger partial charge in [-0.05, 0) is 42.8 Å². The van der Waals surface area contributed by atoms with Crippen LogP contribution >= 0.6 is 0 Å². The topological polar surface area (TPSA) is 29.3 Å². The smallest absolute Gasteiger partial charge is 0.137 e. The van der Waals surface area contributed by atoms with Crippen molar-refractivity contribution in [1.82, 2.24) is 14.7 Å². The zero-order valence-corrected chi connectivity index (χ0v) is 12.0. The van der Waals surface area contributed by atoms with Gasteiger partial charge in [0.2, 0.25) is 0 Å². The molecule has 2 aromatic heterocycles. The number of halogens is 1. The van der Waals surface area contributed by atoms with E-state index in [4.69, 9.17) is 0 Å². The van der Waals surface area contributed by atoms with E-state index in [-0.39, 0.29) is 5.82 Å². The van der Waals surface area contributed by atoms with E-state index in [1.165, 1.54) is 0 Å². The molecule has 1 N–H and O–H groups in total. The Hall–Kier alpha value is -2.20. The number of nitrogens with one attached hydrogen (secondary N) is 1. The van der Waals surface area contributed by atoms with E-state index >= 15 is 0 Å². The molecule has 3 rings (SSSR count). The molecule has 3 nitrogen and oxygen atoms in total. The zero-order valence-electron chi connectivity index (χ0n) is 12.0. The molecule has 2 heterocycles. The second kappa shape index (κ2) is 6.06. The standard InChI is InChI=1S/C17H18FN3/c1-2-8-19-12-13-6-7-14(15(18)11-13)16-4-3-5-17-20-9-10-21(16)17/h3-7,9-11,19H,2,8,12H2,1H3. The summed E-state index contributed by atoms with van der Waals surface area (Å²) in [6.07, 6.45) is 4.64. The number of nitrogens with zero attached hydrogens (tertiary/aromatic N) is 2. The zero-order chi connectivity index (χ0) is 14.7. The number of imidazole rings is 1. The highest BCUT2D eigenvalue weighted by Gasteiger charge is 2.09. The third-order valence-corrected chi connectivity index (χ3v) is 3.49. The van der Waals surface area contributed by atoms with Gasteiger partial charge in [-0.3, -0.25) is 4.40 Å². The van der Waals surface area contributed by atoms with Gasteiger partial charge in [0.1, 0.15) is 11.5 Å². The van der Waals surface area contributed by atoms with E-state index in [1.807, 2.05) is 40.9 Å². The summed E-state index contributed by atoms with van der Waals surface area (Å²) in [5, 5.41) is 3.28. The molecule has 0 saturated carbocycles. The van der Waals surface area contributed by atoms with Crippen LogP contribution in [0, 0.1) is 5.82 Å². The number of rotatable bonds is 5. The second-order valence-electron chi connectivity index (χ2n) is 5.06. The first kappa shape index (κ1) is 13.8. The first-order chi connectivity index (χ1) is 10.3. The van der Waals surface area contributed by atoms with Crippen molar-refractivity contribution >= 4 is 5.65 Å². The van der Waals surface area contributed by atoms with Crippen LogP contribution in [0.5, 0.6) is 0 Å². The van der Waals surface area contributed by atoms with Gasteiger partial charge in [0.25, 0.3) is 0 Å². The maximum absolute atomic E-state index is 14.4. The molecule has 0 aliphatic carbocycles. The highest BCUT2D eigenvalue weighted by atomic mass is 19.1. The van der Waals surface area contributed by atoms with Crippen molar-refractivity contribution in [3.8, 4) is 11.3 Å². The fourth-order valence-corrected chi connectivity index (χ4v) is 2.45. The molecule has 0 atom stereocenters. The van der Waals surface area contributed by atoms with E-state index in [1.54, 1.807) is 12.3 Å². The fraction of sp³-hybridized carbons (Fsp3) is 0.235. The summed E-state index contributed by atoms with van der Waals surface area (Å²) >= 11 is 0. The summed E-state index contributed by atoms with van der Waals surface area (Å²) in [5.41, 5.74) is 3.19. The van der Waals surface area contributed by atoms with Gasteiger partial charge in [0.05, 0.1) is 5.69 Å². The minimum absolute atomic E-state index is 0.202. The second-order valence-corrected chi connectivity index (χ2v) is 5.06. The van der Waals surface area contributed by atoms with Gasteiger partial charge in [-0.15, -0.1) is 0 Å². The van der Waals surface area contributed by atoms with Crippen LogP contribution in [0.2, 0.25) is 0 Å². The number of hydrogen-bond acceptors (Lipinski definition) is 2. The molecule has 21 heavy (non-hydrogen) atoms. The molecular formula is C17H18FN3. The maximum atomic E-state index is 14.4. The average Bonchev–Trinajstić information content (AvgIpc) is 2.96. The van der Waals surface area contributed by atoms with E-state index in [0.29, 0.717) is 12.1 Å². The van der Waals surface area contributed by atoms with Crippen molar-refractivity contribution in [2.24, 2.45) is 0 Å². The predicted molar refractivity (Wildman–Crippen MR) is 82.6 cm³/mol. The number of pyridine rings is 1. The molecule has 1 aromatic carbocycles. The third-order valence-electron chi connectivity index (χ3n) is 3.49.